The van der Waals surface area contributed by atoms with E-state index in [1.54, 1.807) is 12.1 Å². The fourth-order valence-electron chi connectivity index (χ4n) is 6.94. The molecule has 4 rings (SSSR count). The summed E-state index contributed by atoms with van der Waals surface area (Å²) in [5.74, 6) is -0.358. The largest absolute Gasteiger partial charge is 0.466 e. The van der Waals surface area contributed by atoms with E-state index in [4.69, 9.17) is 23.7 Å². The molecule has 1 saturated carbocycles. The van der Waals surface area contributed by atoms with Crippen LogP contribution in [-0.2, 0) is 35.0 Å². The van der Waals surface area contributed by atoms with Crippen molar-refractivity contribution in [2.45, 2.75) is 118 Å². The maximum absolute atomic E-state index is 11.9. The van der Waals surface area contributed by atoms with E-state index >= 15 is 0 Å². The molecule has 2 fully saturated rings. The summed E-state index contributed by atoms with van der Waals surface area (Å²) in [5.41, 5.74) is 1.41. The van der Waals surface area contributed by atoms with Gasteiger partial charge in [-0.15, -0.1) is 0 Å². The highest BCUT2D eigenvalue weighted by atomic mass is 16.7. The van der Waals surface area contributed by atoms with Gasteiger partial charge in [-0.25, -0.2) is 0 Å². The minimum atomic E-state index is -0.913. The van der Waals surface area contributed by atoms with Crippen molar-refractivity contribution in [3.8, 4) is 11.5 Å². The van der Waals surface area contributed by atoms with E-state index < -0.39 is 29.4 Å². The number of esters is 3. The molecule has 8 nitrogen and oxygen atoms in total. The second-order valence-corrected chi connectivity index (χ2v) is 12.9. The highest BCUT2D eigenvalue weighted by Gasteiger charge is 2.70. The smallest absolute Gasteiger partial charge is 0.308 e. The monoisotopic (exact) mass is 568 g/mol. The van der Waals surface area contributed by atoms with Crippen LogP contribution in [0, 0.1) is 17.8 Å². The Kier molecular flexibility index (Phi) is 8.22. The molecule has 0 N–H and O–H groups in total. The lowest BCUT2D eigenvalue weighted by atomic mass is 9.60. The van der Waals surface area contributed by atoms with Gasteiger partial charge in [0.15, 0.2) is 0 Å². The van der Waals surface area contributed by atoms with E-state index in [0.29, 0.717) is 36.3 Å². The first-order valence-corrected chi connectivity index (χ1v) is 14.4. The third kappa shape index (κ3) is 5.94. The zero-order chi connectivity index (χ0) is 30.4. The minimum absolute atomic E-state index is 0.139. The lowest BCUT2D eigenvalue weighted by molar-refractivity contribution is -0.309. The maximum Gasteiger partial charge on any atom is 0.308 e. The molecule has 0 aromatic heterocycles. The van der Waals surface area contributed by atoms with Crippen LogP contribution in [0.3, 0.4) is 0 Å². The van der Waals surface area contributed by atoms with Gasteiger partial charge in [-0.2, -0.15) is 0 Å². The summed E-state index contributed by atoms with van der Waals surface area (Å²) in [5, 5.41) is 0. The number of hydrogen-bond donors (Lipinski definition) is 0. The Bertz CT molecular complexity index is 1310. The Balaban J connectivity index is 1.62. The molecule has 1 saturated heterocycles. The number of carbonyl (C=O) groups excluding carboxylic acids is 3. The normalized spacial score (nSPS) is 30.3. The van der Waals surface area contributed by atoms with Gasteiger partial charge in [-0.1, -0.05) is 31.9 Å². The summed E-state index contributed by atoms with van der Waals surface area (Å²) in [6.07, 6.45) is 8.49. The standard InChI is InChI=1S/C33H44O8/c1-20(11-12-25-17-26(37-22(3)34)16-21(2)29(25)39-24(5)36)15-27-18-31(8)13-10-14-32(31,9)33(40-27)19-28(38-23(4)35)30(6,7)41-33/h11,16-18,28H,10,12-15,19H2,1-9H3/b20-11+/t28-,31+,32+,33+/m0/s1. The number of fused-ring (bicyclic) bond motifs is 2. The summed E-state index contributed by atoms with van der Waals surface area (Å²) in [7, 11) is 0. The molecule has 0 radical (unpaired) electrons. The summed E-state index contributed by atoms with van der Waals surface area (Å²) < 4.78 is 30.2. The summed E-state index contributed by atoms with van der Waals surface area (Å²) in [6.45, 7) is 16.5. The van der Waals surface area contributed by atoms with Gasteiger partial charge in [-0.3, -0.25) is 14.4 Å². The molecule has 224 valence electrons. The Morgan fingerprint density at radius 1 is 0.976 bits per heavy atom. The number of carbonyl (C=O) groups is 3. The van der Waals surface area contributed by atoms with Crippen molar-refractivity contribution in [1.82, 2.24) is 0 Å². The third-order valence-electron chi connectivity index (χ3n) is 9.17. The zero-order valence-corrected chi connectivity index (χ0v) is 25.9. The predicted octanol–water partition coefficient (Wildman–Crippen LogP) is 6.66. The number of allylic oxidation sites excluding steroid dienone is 3. The Labute approximate surface area is 243 Å². The van der Waals surface area contributed by atoms with Crippen molar-refractivity contribution in [2.24, 2.45) is 10.8 Å². The van der Waals surface area contributed by atoms with Crippen LogP contribution in [0.2, 0.25) is 0 Å². The van der Waals surface area contributed by atoms with Crippen molar-refractivity contribution < 1.29 is 38.1 Å². The van der Waals surface area contributed by atoms with Crippen LogP contribution in [0.25, 0.3) is 0 Å². The average Bonchev–Trinajstić information content (AvgIpc) is 3.26. The molecule has 4 atom stereocenters. The molecule has 1 aromatic carbocycles. The first kappa shape index (κ1) is 30.8. The number of aryl methyl sites for hydroxylation is 1. The number of ether oxygens (including phenoxy) is 5. The molecule has 0 amide bonds. The summed E-state index contributed by atoms with van der Waals surface area (Å²) >= 11 is 0. The van der Waals surface area contributed by atoms with Crippen LogP contribution >= 0.6 is 0 Å². The molecular formula is C33H44O8. The molecule has 2 aliphatic heterocycles. The van der Waals surface area contributed by atoms with E-state index in [0.717, 1.165) is 36.2 Å². The molecule has 1 aromatic rings. The van der Waals surface area contributed by atoms with E-state index in [-0.39, 0.29) is 16.8 Å². The van der Waals surface area contributed by atoms with Gasteiger partial charge in [0, 0.05) is 43.6 Å². The molecule has 2 heterocycles. The van der Waals surface area contributed by atoms with Crippen LogP contribution in [0.5, 0.6) is 11.5 Å². The quantitative estimate of drug-likeness (QED) is 0.205. The molecule has 0 unspecified atom stereocenters. The van der Waals surface area contributed by atoms with Crippen LogP contribution in [-0.4, -0.2) is 35.4 Å². The second kappa shape index (κ2) is 10.9. The van der Waals surface area contributed by atoms with Crippen LogP contribution in [0.4, 0.5) is 0 Å². The molecule has 0 bridgehead atoms. The Morgan fingerprint density at radius 3 is 2.29 bits per heavy atom. The van der Waals surface area contributed by atoms with E-state index in [9.17, 15) is 14.4 Å². The van der Waals surface area contributed by atoms with Crippen molar-refractivity contribution in [2.75, 3.05) is 0 Å². The fraction of sp³-hybridized carbons (Fsp3) is 0.606. The van der Waals surface area contributed by atoms with Gasteiger partial charge in [0.2, 0.25) is 5.79 Å². The van der Waals surface area contributed by atoms with Crippen molar-refractivity contribution in [3.63, 3.8) is 0 Å². The zero-order valence-electron chi connectivity index (χ0n) is 25.9. The van der Waals surface area contributed by atoms with Crippen molar-refractivity contribution in [3.05, 3.63) is 46.7 Å². The van der Waals surface area contributed by atoms with Gasteiger partial charge in [0.1, 0.15) is 29.0 Å². The Hall–Kier alpha value is -3.13. The van der Waals surface area contributed by atoms with Crippen LogP contribution in [0.1, 0.15) is 98.6 Å². The highest BCUT2D eigenvalue weighted by Crippen LogP contribution is 2.67. The molecule has 1 spiro atoms. The Morgan fingerprint density at radius 2 is 1.66 bits per heavy atom. The number of rotatable bonds is 7. The molecule has 8 heteroatoms. The minimum Gasteiger partial charge on any atom is -0.466 e. The van der Waals surface area contributed by atoms with Crippen LogP contribution in [0.15, 0.2) is 35.6 Å². The fourth-order valence-corrected chi connectivity index (χ4v) is 6.94. The van der Waals surface area contributed by atoms with E-state index in [2.05, 4.69) is 26.0 Å². The topological polar surface area (TPSA) is 97.4 Å². The molecule has 1 aliphatic carbocycles. The van der Waals surface area contributed by atoms with E-state index in [1.165, 1.54) is 20.8 Å². The van der Waals surface area contributed by atoms with E-state index in [1.807, 2.05) is 27.7 Å². The molecule has 41 heavy (non-hydrogen) atoms. The first-order valence-electron chi connectivity index (χ1n) is 14.4. The first-order chi connectivity index (χ1) is 19.0. The summed E-state index contributed by atoms with van der Waals surface area (Å²) in [4.78, 5) is 35.3. The van der Waals surface area contributed by atoms with Gasteiger partial charge < -0.3 is 23.7 Å². The average molecular weight is 569 g/mol. The summed E-state index contributed by atoms with van der Waals surface area (Å²) in [6, 6.07) is 3.42. The molecule has 3 aliphatic rings. The third-order valence-corrected chi connectivity index (χ3v) is 9.17. The van der Waals surface area contributed by atoms with Gasteiger partial charge in [0.05, 0.1) is 6.42 Å². The van der Waals surface area contributed by atoms with Crippen molar-refractivity contribution >= 4 is 17.9 Å². The molecular weight excluding hydrogens is 524 g/mol. The lowest BCUT2D eigenvalue weighted by Gasteiger charge is -2.54. The van der Waals surface area contributed by atoms with Gasteiger partial charge in [0.25, 0.3) is 0 Å². The van der Waals surface area contributed by atoms with Gasteiger partial charge in [-0.05, 0) is 70.7 Å². The highest BCUT2D eigenvalue weighted by molar-refractivity contribution is 5.72. The lowest BCUT2D eigenvalue weighted by Crippen LogP contribution is -2.57. The number of benzene rings is 1. The van der Waals surface area contributed by atoms with Gasteiger partial charge >= 0.3 is 17.9 Å². The number of hydrogen-bond acceptors (Lipinski definition) is 8. The maximum atomic E-state index is 11.9. The predicted molar refractivity (Wildman–Crippen MR) is 153 cm³/mol. The van der Waals surface area contributed by atoms with Crippen LogP contribution < -0.4 is 9.47 Å². The van der Waals surface area contributed by atoms with Crippen molar-refractivity contribution in [1.29, 1.82) is 0 Å². The SMILES string of the molecule is CC(=O)Oc1cc(C)c(OC(C)=O)c(C/C=C(\C)CC2=C[C@@]3(C)CCC[C@@]3(C)[C@]3(C[C@H](OC(C)=O)C(C)(C)O3)O2)c1. The second-order valence-electron chi connectivity index (χ2n) is 12.9.